The molecule has 102 valence electrons. The van der Waals surface area contributed by atoms with E-state index < -0.39 is 17.9 Å². The van der Waals surface area contributed by atoms with Gasteiger partial charge in [-0.2, -0.15) is 0 Å². The molecule has 0 spiro atoms. The molecule has 0 bridgehead atoms. The van der Waals surface area contributed by atoms with Crippen LogP contribution in [-0.4, -0.2) is 37.2 Å². The Hall–Kier alpha value is -2.11. The number of rotatable bonds is 4. The number of ether oxygens (including phenoxy) is 2. The number of aliphatic carboxylic acids is 1. The van der Waals surface area contributed by atoms with E-state index in [-0.39, 0.29) is 0 Å². The van der Waals surface area contributed by atoms with Gasteiger partial charge in [-0.05, 0) is 13.3 Å². The van der Waals surface area contributed by atoms with E-state index in [0.717, 1.165) is 12.2 Å². The van der Waals surface area contributed by atoms with Gasteiger partial charge in [0.1, 0.15) is 0 Å². The molecule has 0 fully saturated rings. The number of methoxy groups -OCH3 is 2. The lowest BCUT2D eigenvalue weighted by atomic mass is 10.2. The highest BCUT2D eigenvalue weighted by molar-refractivity contribution is 5.91. The van der Waals surface area contributed by atoms with E-state index in [1.807, 2.05) is 6.92 Å². The van der Waals surface area contributed by atoms with Crippen LogP contribution < -0.4 is 0 Å². The fourth-order valence-electron chi connectivity index (χ4n) is 0.751. The van der Waals surface area contributed by atoms with Crippen molar-refractivity contribution in [3.8, 4) is 0 Å². The second-order valence-corrected chi connectivity index (χ2v) is 2.85. The predicted molar refractivity (Wildman–Crippen MR) is 64.9 cm³/mol. The van der Waals surface area contributed by atoms with Crippen molar-refractivity contribution in [2.24, 2.45) is 0 Å². The molecule has 6 nitrogen and oxygen atoms in total. The number of hydrogen-bond donors (Lipinski definition) is 1. The molecule has 0 aromatic rings. The minimum absolute atomic E-state index is 0.477. The summed E-state index contributed by atoms with van der Waals surface area (Å²) in [7, 11) is 2.45. The summed E-state index contributed by atoms with van der Waals surface area (Å²) < 4.78 is 8.42. The maximum absolute atomic E-state index is 10.3. The number of hydrogen-bond acceptors (Lipinski definition) is 5. The number of carbonyl (C=O) groups is 3. The van der Waals surface area contributed by atoms with Crippen molar-refractivity contribution in [3.05, 3.63) is 23.8 Å². The van der Waals surface area contributed by atoms with Crippen LogP contribution in [0.15, 0.2) is 23.8 Å². The first-order chi connectivity index (χ1) is 8.42. The van der Waals surface area contributed by atoms with Crippen molar-refractivity contribution in [3.63, 3.8) is 0 Å². The van der Waals surface area contributed by atoms with Crippen LogP contribution in [0.5, 0.6) is 0 Å². The van der Waals surface area contributed by atoms with Crippen LogP contribution in [-0.2, 0) is 23.9 Å². The number of carboxylic acid groups (broad SMARTS) is 1. The zero-order valence-corrected chi connectivity index (χ0v) is 10.9. The second kappa shape index (κ2) is 11.4. The largest absolute Gasteiger partial charge is 0.478 e. The summed E-state index contributed by atoms with van der Waals surface area (Å²) in [6.45, 7) is 3.55. The molecule has 0 saturated carbocycles. The van der Waals surface area contributed by atoms with E-state index in [1.165, 1.54) is 14.2 Å². The van der Waals surface area contributed by atoms with Crippen LogP contribution in [0, 0.1) is 0 Å². The summed E-state index contributed by atoms with van der Waals surface area (Å²) in [4.78, 5) is 30.7. The molecular formula is C12H18O6. The zero-order valence-electron chi connectivity index (χ0n) is 10.9. The van der Waals surface area contributed by atoms with Gasteiger partial charge in [0, 0.05) is 17.7 Å². The molecule has 0 saturated heterocycles. The predicted octanol–water partition coefficient (Wildman–Crippen LogP) is 1.32. The Morgan fingerprint density at radius 2 is 1.44 bits per heavy atom. The topological polar surface area (TPSA) is 89.9 Å². The molecule has 0 amide bonds. The molecule has 0 aliphatic heterocycles. The lowest BCUT2D eigenvalue weighted by Crippen LogP contribution is -1.98. The second-order valence-electron chi connectivity index (χ2n) is 2.85. The molecule has 0 aromatic carbocycles. The van der Waals surface area contributed by atoms with E-state index >= 15 is 0 Å². The molecule has 0 rings (SSSR count). The van der Waals surface area contributed by atoms with E-state index in [9.17, 15) is 14.4 Å². The Morgan fingerprint density at radius 3 is 1.56 bits per heavy atom. The van der Waals surface area contributed by atoms with Crippen LogP contribution in [0.2, 0.25) is 0 Å². The third-order valence-corrected chi connectivity index (χ3v) is 1.76. The molecule has 0 radical (unpaired) electrons. The molecule has 0 aliphatic rings. The normalized spacial score (nSPS) is 10.3. The third-order valence-electron chi connectivity index (χ3n) is 1.76. The quantitative estimate of drug-likeness (QED) is 0.604. The average Bonchev–Trinajstić information content (AvgIpc) is 2.37. The Labute approximate surface area is 106 Å². The van der Waals surface area contributed by atoms with Crippen molar-refractivity contribution in [2.75, 3.05) is 14.2 Å². The van der Waals surface area contributed by atoms with Crippen molar-refractivity contribution in [1.82, 2.24) is 0 Å². The monoisotopic (exact) mass is 258 g/mol. The van der Waals surface area contributed by atoms with E-state index in [4.69, 9.17) is 5.11 Å². The molecule has 0 atom stereocenters. The summed E-state index contributed by atoms with van der Waals surface area (Å²) in [6.07, 6.45) is 4.20. The van der Waals surface area contributed by atoms with Gasteiger partial charge in [0.25, 0.3) is 0 Å². The van der Waals surface area contributed by atoms with Gasteiger partial charge in [-0.15, -0.1) is 0 Å². The number of allylic oxidation sites excluding steroid dienone is 1. The lowest BCUT2D eigenvalue weighted by molar-refractivity contribution is -0.137. The van der Waals surface area contributed by atoms with E-state index in [2.05, 4.69) is 9.47 Å². The molecule has 0 heterocycles. The summed E-state index contributed by atoms with van der Waals surface area (Å²) in [6, 6.07) is 0. The summed E-state index contributed by atoms with van der Waals surface area (Å²) in [5, 5.41) is 8.30. The van der Waals surface area contributed by atoms with Crippen LogP contribution in [0.4, 0.5) is 0 Å². The van der Waals surface area contributed by atoms with E-state index in [1.54, 1.807) is 13.0 Å². The lowest BCUT2D eigenvalue weighted by Gasteiger charge is -1.91. The maximum atomic E-state index is 10.3. The van der Waals surface area contributed by atoms with Crippen molar-refractivity contribution >= 4 is 17.9 Å². The Bertz CT molecular complexity index is 322. The summed E-state index contributed by atoms with van der Waals surface area (Å²) >= 11 is 0. The van der Waals surface area contributed by atoms with Gasteiger partial charge in [-0.25, -0.2) is 14.4 Å². The standard InChI is InChI=1S/C6H8O4.C6H10O2/c1-9-5(7)3-4-6(8)10-2;1-3-5(4-2)6(7)8/h3-4H,1-2H3;3H,4H2,1-2H3,(H,7,8). The fraction of sp³-hybridized carbons (Fsp3) is 0.417. The molecule has 18 heavy (non-hydrogen) atoms. The average molecular weight is 258 g/mol. The Kier molecular flexibility index (Phi) is 11.5. The molecule has 6 heteroatoms. The highest BCUT2D eigenvalue weighted by Gasteiger charge is 1.99. The van der Waals surface area contributed by atoms with Crippen molar-refractivity contribution < 1.29 is 29.0 Å². The smallest absolute Gasteiger partial charge is 0.331 e. The van der Waals surface area contributed by atoms with Gasteiger partial charge in [0.05, 0.1) is 14.2 Å². The van der Waals surface area contributed by atoms with Crippen molar-refractivity contribution in [1.29, 1.82) is 0 Å². The van der Waals surface area contributed by atoms with Crippen LogP contribution in [0.25, 0.3) is 0 Å². The van der Waals surface area contributed by atoms with Gasteiger partial charge in [-0.3, -0.25) is 0 Å². The first-order valence-corrected chi connectivity index (χ1v) is 5.15. The number of esters is 2. The van der Waals surface area contributed by atoms with Crippen molar-refractivity contribution in [2.45, 2.75) is 20.3 Å². The molecule has 1 N–H and O–H groups in total. The molecule has 0 aromatic heterocycles. The van der Waals surface area contributed by atoms with Crippen LogP contribution in [0.1, 0.15) is 20.3 Å². The highest BCUT2D eigenvalue weighted by atomic mass is 16.5. The SMILES string of the molecule is CC=C(CC)C(=O)O.COC(=O)C=CC(=O)OC. The van der Waals surface area contributed by atoms with Gasteiger partial charge < -0.3 is 14.6 Å². The van der Waals surface area contributed by atoms with E-state index in [0.29, 0.717) is 12.0 Å². The molecular weight excluding hydrogens is 240 g/mol. The fourth-order valence-corrected chi connectivity index (χ4v) is 0.751. The highest BCUT2D eigenvalue weighted by Crippen LogP contribution is 1.97. The minimum Gasteiger partial charge on any atom is -0.478 e. The van der Waals surface area contributed by atoms with Gasteiger partial charge >= 0.3 is 17.9 Å². The summed E-state index contributed by atoms with van der Waals surface area (Å²) in [5.74, 6) is -1.97. The molecule has 0 aliphatic carbocycles. The van der Waals surface area contributed by atoms with Gasteiger partial charge in [-0.1, -0.05) is 13.0 Å². The van der Waals surface area contributed by atoms with Crippen LogP contribution in [0.3, 0.4) is 0 Å². The third kappa shape index (κ3) is 10.4. The minimum atomic E-state index is -0.810. The number of carbonyl (C=O) groups excluding carboxylic acids is 2. The molecule has 0 unspecified atom stereocenters. The number of carboxylic acids is 1. The van der Waals surface area contributed by atoms with Gasteiger partial charge in [0.15, 0.2) is 0 Å². The summed E-state index contributed by atoms with van der Waals surface area (Å²) in [5.41, 5.74) is 0.477. The van der Waals surface area contributed by atoms with Gasteiger partial charge in [0.2, 0.25) is 0 Å². The maximum Gasteiger partial charge on any atom is 0.331 e. The first-order valence-electron chi connectivity index (χ1n) is 5.15. The van der Waals surface area contributed by atoms with Crippen LogP contribution >= 0.6 is 0 Å². The Morgan fingerprint density at radius 1 is 1.06 bits per heavy atom. The zero-order chi connectivity index (χ0) is 14.6. The Balaban J connectivity index is 0. The first kappa shape index (κ1) is 18.3.